The normalized spacial score (nSPS) is 11.5. The summed E-state index contributed by atoms with van der Waals surface area (Å²) in [5.41, 5.74) is -2.44. The van der Waals surface area contributed by atoms with Crippen molar-refractivity contribution in [3.8, 4) is 17.3 Å². The van der Waals surface area contributed by atoms with Crippen LogP contribution in [0.15, 0.2) is 46.3 Å². The molecule has 3 aromatic heterocycles. The Morgan fingerprint density at radius 1 is 1.24 bits per heavy atom. The molecule has 1 unspecified atom stereocenters. The van der Waals surface area contributed by atoms with Gasteiger partial charge in [-0.1, -0.05) is 9.24 Å². The average Bonchev–Trinajstić information content (AvgIpc) is 3.08. The van der Waals surface area contributed by atoms with Crippen molar-refractivity contribution in [2.24, 2.45) is 0 Å². The Balaban J connectivity index is 1.78. The van der Waals surface area contributed by atoms with E-state index < -0.39 is 12.3 Å². The number of halogens is 2. The zero-order valence-electron chi connectivity index (χ0n) is 12.7. The minimum Gasteiger partial charge on any atom is -0.457 e. The van der Waals surface area contributed by atoms with Crippen LogP contribution in [0.3, 0.4) is 0 Å². The number of hydrogen-bond acceptors (Lipinski definition) is 7. The molecular weight excluding hydrogens is 355 g/mol. The Morgan fingerprint density at radius 2 is 2.00 bits per heavy atom. The Morgan fingerprint density at radius 3 is 2.64 bits per heavy atom. The van der Waals surface area contributed by atoms with Gasteiger partial charge in [-0.25, -0.2) is 19.6 Å². The van der Waals surface area contributed by atoms with Crippen LogP contribution in [0.5, 0.6) is 6.01 Å². The van der Waals surface area contributed by atoms with E-state index in [1.807, 2.05) is 0 Å². The van der Waals surface area contributed by atoms with E-state index in [0.29, 0.717) is 17.0 Å². The standard InChI is InChI=1S/C14H12F2N5O3P/c15-14(16,25)7-23-13-18-3-9(4-19-13)11-1-2-12(22)21(20-11)6-10-5-17-8-24-10/h1-5,8H,6-7,25H2. The van der Waals surface area contributed by atoms with E-state index in [2.05, 4.69) is 20.1 Å². The smallest absolute Gasteiger partial charge is 0.316 e. The van der Waals surface area contributed by atoms with Gasteiger partial charge in [0, 0.05) is 24.0 Å². The fourth-order valence-electron chi connectivity index (χ4n) is 1.87. The van der Waals surface area contributed by atoms with Gasteiger partial charge in [0.1, 0.15) is 12.3 Å². The lowest BCUT2D eigenvalue weighted by atomic mass is 10.2. The molecule has 25 heavy (non-hydrogen) atoms. The van der Waals surface area contributed by atoms with Gasteiger partial charge >= 0.3 is 6.01 Å². The highest BCUT2D eigenvalue weighted by Gasteiger charge is 2.22. The third-order valence-electron chi connectivity index (χ3n) is 2.97. The summed E-state index contributed by atoms with van der Waals surface area (Å²) in [5, 5.41) is 4.20. The first-order valence-electron chi connectivity index (χ1n) is 6.98. The Hall–Kier alpha value is -2.74. The predicted molar refractivity (Wildman–Crippen MR) is 85.3 cm³/mol. The van der Waals surface area contributed by atoms with E-state index in [4.69, 9.17) is 9.15 Å². The molecule has 3 aromatic rings. The Kier molecular flexibility index (Phi) is 4.80. The molecule has 0 saturated heterocycles. The molecule has 11 heteroatoms. The van der Waals surface area contributed by atoms with Crippen molar-refractivity contribution in [3.63, 3.8) is 0 Å². The van der Waals surface area contributed by atoms with Crippen molar-refractivity contribution in [1.29, 1.82) is 0 Å². The maximum Gasteiger partial charge on any atom is 0.316 e. The lowest BCUT2D eigenvalue weighted by molar-refractivity contribution is 0.0422. The topological polar surface area (TPSA) is 95.9 Å². The van der Waals surface area contributed by atoms with Gasteiger partial charge in [0.2, 0.25) is 0 Å². The van der Waals surface area contributed by atoms with E-state index >= 15 is 0 Å². The zero-order valence-corrected chi connectivity index (χ0v) is 13.8. The molecule has 0 amide bonds. The summed E-state index contributed by atoms with van der Waals surface area (Å²) in [7, 11) is 1.37. The van der Waals surface area contributed by atoms with Crippen molar-refractivity contribution in [2.45, 2.75) is 12.2 Å². The van der Waals surface area contributed by atoms with E-state index in [-0.39, 0.29) is 18.1 Å². The van der Waals surface area contributed by atoms with Gasteiger partial charge in [0.15, 0.2) is 13.0 Å². The van der Waals surface area contributed by atoms with Crippen LogP contribution in [-0.4, -0.2) is 37.0 Å². The van der Waals surface area contributed by atoms with Crippen LogP contribution in [0.2, 0.25) is 0 Å². The number of hydrogen-bond donors (Lipinski definition) is 0. The van der Waals surface area contributed by atoms with E-state index in [1.165, 1.54) is 51.0 Å². The van der Waals surface area contributed by atoms with Crippen molar-refractivity contribution < 1.29 is 17.9 Å². The number of ether oxygens (including phenoxy) is 1. The number of nitrogens with zero attached hydrogens (tertiary/aromatic N) is 5. The monoisotopic (exact) mass is 367 g/mol. The van der Waals surface area contributed by atoms with Crippen LogP contribution in [0.1, 0.15) is 5.76 Å². The molecule has 3 heterocycles. The Labute approximate surface area is 142 Å². The minimum atomic E-state index is -3.06. The molecule has 3 rings (SSSR count). The van der Waals surface area contributed by atoms with Crippen molar-refractivity contribution in [3.05, 3.63) is 53.2 Å². The molecule has 0 aliphatic heterocycles. The highest BCUT2D eigenvalue weighted by Crippen LogP contribution is 2.22. The van der Waals surface area contributed by atoms with Gasteiger partial charge in [0.05, 0.1) is 11.9 Å². The summed E-state index contributed by atoms with van der Waals surface area (Å²) in [6.45, 7) is -0.727. The second kappa shape index (κ2) is 7.02. The van der Waals surface area contributed by atoms with Crippen LogP contribution in [0.25, 0.3) is 11.3 Å². The summed E-state index contributed by atoms with van der Waals surface area (Å²) in [6.07, 6.45) is 5.48. The molecule has 0 N–H and O–H groups in total. The second-order valence-electron chi connectivity index (χ2n) is 4.99. The quantitative estimate of drug-likeness (QED) is 0.611. The molecule has 0 aliphatic carbocycles. The van der Waals surface area contributed by atoms with Crippen molar-refractivity contribution in [1.82, 2.24) is 24.7 Å². The number of alkyl halides is 2. The first kappa shape index (κ1) is 17.1. The molecule has 0 aromatic carbocycles. The Bertz CT molecular complexity index is 894. The largest absolute Gasteiger partial charge is 0.457 e. The molecule has 0 spiro atoms. The maximum absolute atomic E-state index is 12.7. The van der Waals surface area contributed by atoms with Gasteiger partial charge in [-0.15, -0.1) is 0 Å². The van der Waals surface area contributed by atoms with E-state index in [9.17, 15) is 13.6 Å². The fourth-order valence-corrected chi connectivity index (χ4v) is 1.95. The summed E-state index contributed by atoms with van der Waals surface area (Å²) >= 11 is 0. The third kappa shape index (κ3) is 4.63. The summed E-state index contributed by atoms with van der Waals surface area (Å²) < 4.78 is 36.5. The summed E-state index contributed by atoms with van der Waals surface area (Å²) in [6, 6.07) is 2.67. The molecule has 1 atom stereocenters. The first-order chi connectivity index (χ1) is 11.9. The summed E-state index contributed by atoms with van der Waals surface area (Å²) in [4.78, 5) is 23.4. The SMILES string of the molecule is O=c1ccc(-c2cnc(OCC(F)(F)P)nc2)nn1Cc1cnco1. The van der Waals surface area contributed by atoms with Crippen LogP contribution in [0.4, 0.5) is 8.78 Å². The summed E-state index contributed by atoms with van der Waals surface area (Å²) in [5.74, 6) is 0.477. The zero-order chi connectivity index (χ0) is 17.9. The molecule has 0 saturated carbocycles. The van der Waals surface area contributed by atoms with Gasteiger partial charge in [0.25, 0.3) is 11.2 Å². The molecule has 0 bridgehead atoms. The molecule has 0 aliphatic rings. The second-order valence-corrected chi connectivity index (χ2v) is 5.83. The minimum absolute atomic E-state index is 0.123. The van der Waals surface area contributed by atoms with Crippen molar-refractivity contribution in [2.75, 3.05) is 6.61 Å². The van der Waals surface area contributed by atoms with Gasteiger partial charge in [-0.3, -0.25) is 4.79 Å². The molecule has 0 radical (unpaired) electrons. The average molecular weight is 367 g/mol. The molecule has 0 fully saturated rings. The van der Waals surface area contributed by atoms with Gasteiger partial charge in [-0.2, -0.15) is 13.9 Å². The maximum atomic E-state index is 12.7. The van der Waals surface area contributed by atoms with E-state index in [1.54, 1.807) is 0 Å². The first-order valence-corrected chi connectivity index (χ1v) is 7.56. The van der Waals surface area contributed by atoms with Gasteiger partial charge in [-0.05, 0) is 6.07 Å². The van der Waals surface area contributed by atoms with Gasteiger partial charge < -0.3 is 9.15 Å². The lowest BCUT2D eigenvalue weighted by Gasteiger charge is -2.10. The molecule has 8 nitrogen and oxygen atoms in total. The van der Waals surface area contributed by atoms with E-state index in [0.717, 1.165) is 0 Å². The third-order valence-corrected chi connectivity index (χ3v) is 3.14. The van der Waals surface area contributed by atoms with Crippen LogP contribution >= 0.6 is 9.24 Å². The highest BCUT2D eigenvalue weighted by atomic mass is 31.0. The highest BCUT2D eigenvalue weighted by molar-refractivity contribution is 7.18. The van der Waals surface area contributed by atoms with Crippen LogP contribution in [-0.2, 0) is 6.54 Å². The lowest BCUT2D eigenvalue weighted by Crippen LogP contribution is -2.22. The fraction of sp³-hybridized carbons (Fsp3) is 0.214. The van der Waals surface area contributed by atoms with Crippen molar-refractivity contribution >= 4 is 9.24 Å². The van der Waals surface area contributed by atoms with Crippen LogP contribution < -0.4 is 10.3 Å². The number of aromatic nitrogens is 5. The predicted octanol–water partition coefficient (Wildman–Crippen LogP) is 1.58. The van der Waals surface area contributed by atoms with Crippen LogP contribution in [0, 0.1) is 0 Å². The molecular formula is C14H12F2N5O3P. The number of rotatable bonds is 6. The number of oxazole rings is 1. The molecule has 130 valence electrons.